The first-order chi connectivity index (χ1) is 8.52. The molecule has 96 valence electrons. The number of nitrogens with one attached hydrogen (secondary N) is 1. The minimum absolute atomic E-state index is 0.140. The van der Waals surface area contributed by atoms with E-state index in [-0.39, 0.29) is 10.5 Å². The van der Waals surface area contributed by atoms with Crippen molar-refractivity contribution in [3.8, 4) is 0 Å². The van der Waals surface area contributed by atoms with E-state index in [2.05, 4.69) is 21.2 Å². The van der Waals surface area contributed by atoms with E-state index < -0.39 is 11.6 Å². The van der Waals surface area contributed by atoms with Crippen LogP contribution in [0, 0.1) is 18.6 Å². The van der Waals surface area contributed by atoms with Crippen LogP contribution >= 0.6 is 27.3 Å². The first-order valence-electron chi connectivity index (χ1n) is 5.41. The number of halogens is 3. The lowest BCUT2D eigenvalue weighted by Crippen LogP contribution is -2.18. The average Bonchev–Trinajstić information content (AvgIpc) is 2.73. The molecule has 1 aromatic carbocycles. The molecule has 2 aromatic rings. The van der Waals surface area contributed by atoms with Crippen molar-refractivity contribution < 1.29 is 8.78 Å². The van der Waals surface area contributed by atoms with Crippen molar-refractivity contribution in [2.45, 2.75) is 13.0 Å². The molecule has 1 nitrogen and oxygen atoms in total. The molecule has 18 heavy (non-hydrogen) atoms. The van der Waals surface area contributed by atoms with Crippen LogP contribution in [0.5, 0.6) is 0 Å². The maximum Gasteiger partial charge on any atom is 0.137 e. The quantitative estimate of drug-likeness (QED) is 0.821. The number of benzene rings is 1. The molecule has 0 aliphatic heterocycles. The predicted octanol–water partition coefficient (Wildman–Crippen LogP) is 4.41. The van der Waals surface area contributed by atoms with E-state index in [0.29, 0.717) is 5.56 Å². The third-order valence-electron chi connectivity index (χ3n) is 2.68. The summed E-state index contributed by atoms with van der Waals surface area (Å²) in [5, 5.41) is 3.02. The normalized spacial score (nSPS) is 12.7. The Morgan fingerprint density at radius 1 is 1.22 bits per heavy atom. The van der Waals surface area contributed by atoms with Crippen molar-refractivity contribution in [3.63, 3.8) is 0 Å². The minimum Gasteiger partial charge on any atom is -0.309 e. The van der Waals surface area contributed by atoms with E-state index >= 15 is 0 Å². The molecule has 1 aromatic heterocycles. The van der Waals surface area contributed by atoms with Gasteiger partial charge in [0, 0.05) is 15.3 Å². The molecule has 1 N–H and O–H groups in total. The van der Waals surface area contributed by atoms with Crippen LogP contribution in [0.25, 0.3) is 0 Å². The van der Waals surface area contributed by atoms with Gasteiger partial charge in [-0.1, -0.05) is 0 Å². The lowest BCUT2D eigenvalue weighted by molar-refractivity contribution is 0.557. The van der Waals surface area contributed by atoms with Crippen molar-refractivity contribution in [1.82, 2.24) is 5.32 Å². The zero-order chi connectivity index (χ0) is 13.3. The van der Waals surface area contributed by atoms with Gasteiger partial charge in [-0.3, -0.25) is 0 Å². The van der Waals surface area contributed by atoms with Crippen molar-refractivity contribution in [3.05, 3.63) is 55.7 Å². The van der Waals surface area contributed by atoms with Crippen LogP contribution in [0.3, 0.4) is 0 Å². The van der Waals surface area contributed by atoms with Crippen molar-refractivity contribution in [1.29, 1.82) is 0 Å². The van der Waals surface area contributed by atoms with E-state index in [1.165, 1.54) is 6.07 Å². The zero-order valence-electron chi connectivity index (χ0n) is 9.93. The van der Waals surface area contributed by atoms with Gasteiger partial charge in [0.15, 0.2) is 0 Å². The first-order valence-corrected chi connectivity index (χ1v) is 7.02. The fourth-order valence-corrected chi connectivity index (χ4v) is 3.14. The molecule has 0 spiro atoms. The molecule has 0 fully saturated rings. The zero-order valence-corrected chi connectivity index (χ0v) is 12.3. The fourth-order valence-electron chi connectivity index (χ4n) is 1.82. The fraction of sp³-hybridized carbons (Fsp3) is 0.231. The van der Waals surface area contributed by atoms with Crippen LogP contribution in [0.4, 0.5) is 8.78 Å². The number of rotatable bonds is 3. The highest BCUT2D eigenvalue weighted by molar-refractivity contribution is 9.10. The average molecular weight is 332 g/mol. The van der Waals surface area contributed by atoms with Crippen LogP contribution in [0.15, 0.2) is 28.7 Å². The standard InChI is InChI=1S/C13H12BrF2NS/c1-7-3-4-12(18-7)13(17-2)8-5-11(16)9(14)6-10(8)15/h3-6,13,17H,1-2H3. The molecule has 0 amide bonds. The van der Waals surface area contributed by atoms with E-state index in [9.17, 15) is 8.78 Å². The second-order valence-corrected chi connectivity index (χ2v) is 6.13. The van der Waals surface area contributed by atoms with E-state index in [4.69, 9.17) is 0 Å². The van der Waals surface area contributed by atoms with Crippen LogP contribution in [-0.4, -0.2) is 7.05 Å². The van der Waals surface area contributed by atoms with Gasteiger partial charge in [-0.05, 0) is 54.2 Å². The molecule has 0 radical (unpaired) electrons. The van der Waals surface area contributed by atoms with Crippen molar-refractivity contribution >= 4 is 27.3 Å². The van der Waals surface area contributed by atoms with Gasteiger partial charge in [0.2, 0.25) is 0 Å². The van der Waals surface area contributed by atoms with E-state index in [1.807, 2.05) is 19.1 Å². The van der Waals surface area contributed by atoms with E-state index in [1.54, 1.807) is 18.4 Å². The molecule has 1 heterocycles. The second-order valence-electron chi connectivity index (χ2n) is 3.96. The van der Waals surface area contributed by atoms with Crippen LogP contribution in [-0.2, 0) is 0 Å². The third-order valence-corrected chi connectivity index (χ3v) is 4.36. The first kappa shape index (κ1) is 13.6. The molecule has 2 rings (SSSR count). The summed E-state index contributed by atoms with van der Waals surface area (Å²) in [5.74, 6) is -0.881. The van der Waals surface area contributed by atoms with Crippen molar-refractivity contribution in [2.24, 2.45) is 0 Å². The Morgan fingerprint density at radius 3 is 2.50 bits per heavy atom. The highest BCUT2D eigenvalue weighted by atomic mass is 79.9. The number of aryl methyl sites for hydroxylation is 1. The van der Waals surface area contributed by atoms with Gasteiger partial charge in [0.05, 0.1) is 10.5 Å². The van der Waals surface area contributed by atoms with Crippen molar-refractivity contribution in [2.75, 3.05) is 7.05 Å². The maximum absolute atomic E-state index is 13.9. The molecule has 5 heteroatoms. The number of hydrogen-bond donors (Lipinski definition) is 1. The summed E-state index contributed by atoms with van der Waals surface area (Å²) in [6.45, 7) is 1.99. The van der Waals surface area contributed by atoms with Crippen LogP contribution < -0.4 is 5.32 Å². The largest absolute Gasteiger partial charge is 0.309 e. The summed E-state index contributed by atoms with van der Waals surface area (Å²) >= 11 is 4.55. The predicted molar refractivity (Wildman–Crippen MR) is 74.0 cm³/mol. The maximum atomic E-state index is 13.9. The molecule has 0 aliphatic rings. The Labute approximate surface area is 117 Å². The molecule has 0 saturated carbocycles. The Kier molecular flexibility index (Phi) is 4.14. The van der Waals surface area contributed by atoms with Gasteiger partial charge in [0.25, 0.3) is 0 Å². The summed E-state index contributed by atoms with van der Waals surface area (Å²) in [5.41, 5.74) is 0.319. The number of thiophene rings is 1. The summed E-state index contributed by atoms with van der Waals surface area (Å²) in [6.07, 6.45) is 0. The molecular weight excluding hydrogens is 320 g/mol. The van der Waals surface area contributed by atoms with Crippen LogP contribution in [0.2, 0.25) is 0 Å². The lowest BCUT2D eigenvalue weighted by atomic mass is 10.0. The SMILES string of the molecule is CNC(c1ccc(C)s1)c1cc(F)c(Br)cc1F. The lowest BCUT2D eigenvalue weighted by Gasteiger charge is -2.16. The summed E-state index contributed by atoms with van der Waals surface area (Å²) < 4.78 is 27.6. The molecule has 1 unspecified atom stereocenters. The Bertz CT molecular complexity index is 568. The molecular formula is C13H12BrF2NS. The highest BCUT2D eigenvalue weighted by Crippen LogP contribution is 2.31. The Hall–Kier alpha value is -0.780. The Balaban J connectivity index is 2.48. The van der Waals surface area contributed by atoms with Gasteiger partial charge >= 0.3 is 0 Å². The smallest absolute Gasteiger partial charge is 0.137 e. The van der Waals surface area contributed by atoms with Gasteiger partial charge < -0.3 is 5.32 Å². The minimum atomic E-state index is -0.458. The molecule has 0 bridgehead atoms. The molecule has 0 aliphatic carbocycles. The third kappa shape index (κ3) is 2.63. The van der Waals surface area contributed by atoms with Crippen LogP contribution in [0.1, 0.15) is 21.4 Å². The van der Waals surface area contributed by atoms with Gasteiger partial charge in [-0.15, -0.1) is 11.3 Å². The Morgan fingerprint density at radius 2 is 1.94 bits per heavy atom. The van der Waals surface area contributed by atoms with Gasteiger partial charge in [0.1, 0.15) is 11.6 Å². The molecule has 0 saturated heterocycles. The second kappa shape index (κ2) is 5.47. The number of hydrogen-bond acceptors (Lipinski definition) is 2. The van der Waals surface area contributed by atoms with Gasteiger partial charge in [-0.2, -0.15) is 0 Å². The topological polar surface area (TPSA) is 12.0 Å². The van der Waals surface area contributed by atoms with E-state index in [0.717, 1.165) is 15.8 Å². The highest BCUT2D eigenvalue weighted by Gasteiger charge is 2.19. The summed E-state index contributed by atoms with van der Waals surface area (Å²) in [6, 6.07) is 5.97. The summed E-state index contributed by atoms with van der Waals surface area (Å²) in [4.78, 5) is 2.11. The monoisotopic (exact) mass is 331 g/mol. The van der Waals surface area contributed by atoms with Gasteiger partial charge in [-0.25, -0.2) is 8.78 Å². The summed E-state index contributed by atoms with van der Waals surface area (Å²) in [7, 11) is 1.74. The molecule has 1 atom stereocenters.